The first-order chi connectivity index (χ1) is 8.31. The Kier molecular flexibility index (Phi) is 4.66. The number of piperidine rings is 1. The fourth-order valence-corrected chi connectivity index (χ4v) is 2.99. The molecule has 3 nitrogen and oxygen atoms in total. The van der Waals surface area contributed by atoms with Gasteiger partial charge in [-0.25, -0.2) is 0 Å². The summed E-state index contributed by atoms with van der Waals surface area (Å²) in [6.45, 7) is 0.910. The monoisotopic (exact) mass is 299 g/mol. The molecular formula is C13H18BrNO2. The van der Waals surface area contributed by atoms with Crippen LogP contribution in [0.15, 0.2) is 22.8 Å². The van der Waals surface area contributed by atoms with Gasteiger partial charge in [-0.15, -0.1) is 0 Å². The third-order valence-corrected chi connectivity index (χ3v) is 4.04. The second kappa shape index (κ2) is 6.24. The zero-order valence-electron chi connectivity index (χ0n) is 9.90. The molecule has 1 amide bonds. The standard InChI is InChI=1S/C13H18BrNO2/c14-10-11-4-1-2-8-15(11)13(16)7-6-12-5-3-9-17-12/h3,5,9,11H,1-2,4,6-8,10H2. The topological polar surface area (TPSA) is 33.5 Å². The first kappa shape index (κ1) is 12.7. The number of hydrogen-bond donors (Lipinski definition) is 0. The molecule has 0 N–H and O–H groups in total. The van der Waals surface area contributed by atoms with Crippen molar-refractivity contribution >= 4 is 21.8 Å². The summed E-state index contributed by atoms with van der Waals surface area (Å²) in [6, 6.07) is 4.17. The highest BCUT2D eigenvalue weighted by Gasteiger charge is 2.25. The van der Waals surface area contributed by atoms with Gasteiger partial charge in [-0.2, -0.15) is 0 Å². The van der Waals surface area contributed by atoms with Crippen molar-refractivity contribution in [3.63, 3.8) is 0 Å². The van der Waals surface area contributed by atoms with E-state index in [1.165, 1.54) is 6.42 Å². The summed E-state index contributed by atoms with van der Waals surface area (Å²) in [5, 5.41) is 0.888. The lowest BCUT2D eigenvalue weighted by Crippen LogP contribution is -2.44. The van der Waals surface area contributed by atoms with Crippen molar-refractivity contribution in [2.75, 3.05) is 11.9 Å². The number of aryl methyl sites for hydroxylation is 1. The second-order valence-electron chi connectivity index (χ2n) is 4.47. The van der Waals surface area contributed by atoms with Crippen LogP contribution in [0.3, 0.4) is 0 Å². The van der Waals surface area contributed by atoms with Crippen LogP contribution in [0.4, 0.5) is 0 Å². The van der Waals surface area contributed by atoms with E-state index in [4.69, 9.17) is 4.42 Å². The summed E-state index contributed by atoms with van der Waals surface area (Å²) in [4.78, 5) is 14.2. The molecule has 1 saturated heterocycles. The van der Waals surface area contributed by atoms with Crippen LogP contribution in [0.2, 0.25) is 0 Å². The van der Waals surface area contributed by atoms with Gasteiger partial charge in [0.2, 0.25) is 5.91 Å². The second-order valence-corrected chi connectivity index (χ2v) is 5.12. The van der Waals surface area contributed by atoms with E-state index in [1.54, 1.807) is 6.26 Å². The molecule has 1 aliphatic heterocycles. The predicted octanol–water partition coefficient (Wildman–Crippen LogP) is 2.99. The maximum Gasteiger partial charge on any atom is 0.223 e. The smallest absolute Gasteiger partial charge is 0.223 e. The Morgan fingerprint density at radius 2 is 2.41 bits per heavy atom. The van der Waals surface area contributed by atoms with E-state index in [2.05, 4.69) is 15.9 Å². The minimum Gasteiger partial charge on any atom is -0.469 e. The minimum absolute atomic E-state index is 0.255. The van der Waals surface area contributed by atoms with Gasteiger partial charge in [0.25, 0.3) is 0 Å². The molecule has 1 aliphatic rings. The Hall–Kier alpha value is -0.770. The summed E-state index contributed by atoms with van der Waals surface area (Å²) in [6.07, 6.45) is 6.41. The van der Waals surface area contributed by atoms with Gasteiger partial charge in [0.05, 0.1) is 6.26 Å². The molecule has 1 fully saturated rings. The van der Waals surface area contributed by atoms with E-state index >= 15 is 0 Å². The lowest BCUT2D eigenvalue weighted by atomic mass is 10.0. The van der Waals surface area contributed by atoms with Gasteiger partial charge in [-0.1, -0.05) is 15.9 Å². The fourth-order valence-electron chi connectivity index (χ4n) is 2.32. The molecule has 4 heteroatoms. The third kappa shape index (κ3) is 3.35. The largest absolute Gasteiger partial charge is 0.469 e. The third-order valence-electron chi connectivity index (χ3n) is 3.29. The number of amides is 1. The van der Waals surface area contributed by atoms with Gasteiger partial charge in [0.15, 0.2) is 0 Å². The Labute approximate surface area is 110 Å². The molecule has 0 saturated carbocycles. The highest BCUT2D eigenvalue weighted by molar-refractivity contribution is 9.09. The van der Waals surface area contributed by atoms with E-state index in [0.29, 0.717) is 18.9 Å². The highest BCUT2D eigenvalue weighted by atomic mass is 79.9. The number of carbonyl (C=O) groups is 1. The number of halogens is 1. The molecule has 1 aromatic rings. The van der Waals surface area contributed by atoms with Crippen molar-refractivity contribution in [3.8, 4) is 0 Å². The molecule has 17 heavy (non-hydrogen) atoms. The van der Waals surface area contributed by atoms with Crippen LogP contribution in [0, 0.1) is 0 Å². The Morgan fingerprint density at radius 1 is 1.53 bits per heavy atom. The maximum atomic E-state index is 12.1. The lowest BCUT2D eigenvalue weighted by molar-refractivity contribution is -0.134. The van der Waals surface area contributed by atoms with Gasteiger partial charge in [0.1, 0.15) is 5.76 Å². The Balaban J connectivity index is 1.85. The molecular weight excluding hydrogens is 282 g/mol. The Morgan fingerprint density at radius 3 is 3.12 bits per heavy atom. The van der Waals surface area contributed by atoms with Gasteiger partial charge < -0.3 is 9.32 Å². The number of nitrogens with zero attached hydrogens (tertiary/aromatic N) is 1. The van der Waals surface area contributed by atoms with Crippen LogP contribution in [0.25, 0.3) is 0 Å². The summed E-state index contributed by atoms with van der Waals surface area (Å²) < 4.78 is 5.24. The average Bonchev–Trinajstić information content (AvgIpc) is 2.89. The van der Waals surface area contributed by atoms with Gasteiger partial charge >= 0.3 is 0 Å². The molecule has 0 aliphatic carbocycles. The highest BCUT2D eigenvalue weighted by Crippen LogP contribution is 2.20. The molecule has 0 radical (unpaired) electrons. The molecule has 2 rings (SSSR count). The number of rotatable bonds is 4. The molecule has 1 aromatic heterocycles. The molecule has 1 unspecified atom stereocenters. The Bertz CT molecular complexity index is 350. The summed E-state index contributed by atoms with van der Waals surface area (Å²) in [7, 11) is 0. The SMILES string of the molecule is O=C(CCc1ccco1)N1CCCCC1CBr. The number of furan rings is 1. The molecule has 94 valence electrons. The number of hydrogen-bond acceptors (Lipinski definition) is 2. The molecule has 2 heterocycles. The maximum absolute atomic E-state index is 12.1. The summed E-state index contributed by atoms with van der Waals surface area (Å²) in [5.41, 5.74) is 0. The van der Waals surface area contributed by atoms with Crippen molar-refractivity contribution in [2.24, 2.45) is 0 Å². The van der Waals surface area contributed by atoms with Gasteiger partial charge in [-0.3, -0.25) is 4.79 Å². The van der Waals surface area contributed by atoms with Crippen molar-refractivity contribution in [1.29, 1.82) is 0 Å². The van der Waals surface area contributed by atoms with Crippen LogP contribution in [0.5, 0.6) is 0 Å². The first-order valence-corrected chi connectivity index (χ1v) is 7.31. The average molecular weight is 300 g/mol. The molecule has 1 atom stereocenters. The van der Waals surface area contributed by atoms with E-state index in [9.17, 15) is 4.79 Å². The van der Waals surface area contributed by atoms with E-state index in [-0.39, 0.29) is 5.91 Å². The zero-order valence-corrected chi connectivity index (χ0v) is 11.5. The van der Waals surface area contributed by atoms with Crippen molar-refractivity contribution in [3.05, 3.63) is 24.2 Å². The number of alkyl halides is 1. The van der Waals surface area contributed by atoms with Crippen LogP contribution < -0.4 is 0 Å². The van der Waals surface area contributed by atoms with Crippen LogP contribution >= 0.6 is 15.9 Å². The summed E-state index contributed by atoms with van der Waals surface area (Å²) >= 11 is 3.50. The van der Waals surface area contributed by atoms with Crippen LogP contribution in [-0.4, -0.2) is 28.7 Å². The van der Waals surface area contributed by atoms with Gasteiger partial charge in [-0.05, 0) is 31.4 Å². The van der Waals surface area contributed by atoms with Crippen LogP contribution in [-0.2, 0) is 11.2 Å². The van der Waals surface area contributed by atoms with E-state index in [1.807, 2.05) is 17.0 Å². The zero-order chi connectivity index (χ0) is 12.1. The predicted molar refractivity (Wildman–Crippen MR) is 70.2 cm³/mol. The molecule has 0 spiro atoms. The first-order valence-electron chi connectivity index (χ1n) is 6.19. The minimum atomic E-state index is 0.255. The molecule has 0 bridgehead atoms. The van der Waals surface area contributed by atoms with Gasteiger partial charge in [0, 0.05) is 30.8 Å². The van der Waals surface area contributed by atoms with Crippen LogP contribution in [0.1, 0.15) is 31.4 Å². The van der Waals surface area contributed by atoms with Crippen molar-refractivity contribution in [2.45, 2.75) is 38.1 Å². The van der Waals surface area contributed by atoms with Crippen molar-refractivity contribution < 1.29 is 9.21 Å². The lowest BCUT2D eigenvalue weighted by Gasteiger charge is -2.34. The fraction of sp³-hybridized carbons (Fsp3) is 0.615. The van der Waals surface area contributed by atoms with E-state index in [0.717, 1.165) is 30.5 Å². The normalized spacial score (nSPS) is 20.5. The van der Waals surface area contributed by atoms with E-state index < -0.39 is 0 Å². The molecule has 0 aromatic carbocycles. The quantitative estimate of drug-likeness (QED) is 0.801. The van der Waals surface area contributed by atoms with Crippen molar-refractivity contribution in [1.82, 2.24) is 4.90 Å². The number of carbonyl (C=O) groups excluding carboxylic acids is 1. The summed E-state index contributed by atoms with van der Waals surface area (Å²) in [5.74, 6) is 1.15. The number of likely N-dealkylation sites (tertiary alicyclic amines) is 1.